The standard InChI is InChI=1S/C12H16N2O4/c1-8(2)11(12(17)18)13-9(15)7-14-6-4-3-5-10(14)16/h3-6,8,11H,7H2,1-2H3,(H,13,15)(H,17,18)/t11-/m0/s1. The predicted molar refractivity (Wildman–Crippen MR) is 65.1 cm³/mol. The lowest BCUT2D eigenvalue weighted by Crippen LogP contribution is -2.46. The molecule has 1 aromatic heterocycles. The Hall–Kier alpha value is -2.11. The van der Waals surface area contributed by atoms with Gasteiger partial charge in [-0.25, -0.2) is 4.79 Å². The summed E-state index contributed by atoms with van der Waals surface area (Å²) in [6.45, 7) is 3.22. The van der Waals surface area contributed by atoms with Crippen molar-refractivity contribution in [2.24, 2.45) is 5.92 Å². The number of carboxylic acid groups (broad SMARTS) is 1. The Bertz CT molecular complexity index is 493. The topological polar surface area (TPSA) is 88.4 Å². The zero-order valence-corrected chi connectivity index (χ0v) is 10.3. The lowest BCUT2D eigenvalue weighted by molar-refractivity contribution is -0.143. The molecule has 0 aliphatic carbocycles. The van der Waals surface area contributed by atoms with Crippen LogP contribution in [0.2, 0.25) is 0 Å². The molecular weight excluding hydrogens is 236 g/mol. The average Bonchev–Trinajstić information content (AvgIpc) is 2.28. The second-order valence-corrected chi connectivity index (χ2v) is 4.29. The summed E-state index contributed by atoms with van der Waals surface area (Å²) in [6.07, 6.45) is 1.48. The summed E-state index contributed by atoms with van der Waals surface area (Å²) < 4.78 is 1.22. The predicted octanol–water partition coefficient (Wildman–Crippen LogP) is 0.0737. The van der Waals surface area contributed by atoms with Gasteiger partial charge in [0.2, 0.25) is 5.91 Å². The van der Waals surface area contributed by atoms with Crippen LogP contribution in [0.5, 0.6) is 0 Å². The number of carboxylic acids is 1. The monoisotopic (exact) mass is 252 g/mol. The largest absolute Gasteiger partial charge is 0.480 e. The van der Waals surface area contributed by atoms with E-state index in [4.69, 9.17) is 5.11 Å². The van der Waals surface area contributed by atoms with Crippen LogP contribution in [-0.2, 0) is 16.1 Å². The number of aliphatic carboxylic acids is 1. The van der Waals surface area contributed by atoms with Crippen molar-refractivity contribution >= 4 is 11.9 Å². The summed E-state index contributed by atoms with van der Waals surface area (Å²) in [5.41, 5.74) is -0.302. The second-order valence-electron chi connectivity index (χ2n) is 4.29. The highest BCUT2D eigenvalue weighted by molar-refractivity contribution is 5.83. The molecule has 0 aliphatic heterocycles. The Labute approximate surface area is 104 Å². The zero-order chi connectivity index (χ0) is 13.7. The van der Waals surface area contributed by atoms with Crippen LogP contribution in [0.4, 0.5) is 0 Å². The van der Waals surface area contributed by atoms with E-state index in [0.717, 1.165) is 0 Å². The Kier molecular flexibility index (Phi) is 4.65. The third-order valence-electron chi connectivity index (χ3n) is 2.46. The molecule has 6 nitrogen and oxygen atoms in total. The molecule has 0 spiro atoms. The number of pyridine rings is 1. The van der Waals surface area contributed by atoms with E-state index < -0.39 is 17.9 Å². The number of carbonyl (C=O) groups excluding carboxylic acids is 1. The van der Waals surface area contributed by atoms with Crippen LogP contribution in [0.15, 0.2) is 29.2 Å². The van der Waals surface area contributed by atoms with Gasteiger partial charge in [0.25, 0.3) is 5.56 Å². The number of carbonyl (C=O) groups is 2. The molecule has 0 fully saturated rings. The molecular formula is C12H16N2O4. The van der Waals surface area contributed by atoms with Gasteiger partial charge in [0.1, 0.15) is 12.6 Å². The summed E-state index contributed by atoms with van der Waals surface area (Å²) in [5.74, 6) is -1.80. The highest BCUT2D eigenvalue weighted by atomic mass is 16.4. The van der Waals surface area contributed by atoms with E-state index in [1.54, 1.807) is 26.0 Å². The quantitative estimate of drug-likeness (QED) is 0.776. The van der Waals surface area contributed by atoms with E-state index in [1.807, 2.05) is 0 Å². The zero-order valence-electron chi connectivity index (χ0n) is 10.3. The minimum absolute atomic E-state index is 0.184. The van der Waals surface area contributed by atoms with Gasteiger partial charge in [0.05, 0.1) is 0 Å². The molecule has 1 amide bonds. The van der Waals surface area contributed by atoms with Crippen LogP contribution in [0.25, 0.3) is 0 Å². The van der Waals surface area contributed by atoms with Crippen molar-refractivity contribution in [3.8, 4) is 0 Å². The molecule has 1 aromatic rings. The van der Waals surface area contributed by atoms with E-state index in [1.165, 1.54) is 16.8 Å². The van der Waals surface area contributed by atoms with Crippen molar-refractivity contribution in [3.63, 3.8) is 0 Å². The van der Waals surface area contributed by atoms with E-state index in [0.29, 0.717) is 0 Å². The minimum Gasteiger partial charge on any atom is -0.480 e. The van der Waals surface area contributed by atoms with E-state index >= 15 is 0 Å². The minimum atomic E-state index is -1.08. The SMILES string of the molecule is CC(C)[C@H](NC(=O)Cn1ccccc1=O)C(=O)O. The molecule has 18 heavy (non-hydrogen) atoms. The molecule has 98 valence electrons. The first-order valence-electron chi connectivity index (χ1n) is 5.59. The highest BCUT2D eigenvalue weighted by Crippen LogP contribution is 2.01. The molecule has 0 unspecified atom stereocenters. The van der Waals surface area contributed by atoms with Gasteiger partial charge in [-0.1, -0.05) is 19.9 Å². The van der Waals surface area contributed by atoms with Crippen molar-refractivity contribution in [2.75, 3.05) is 0 Å². The normalized spacial score (nSPS) is 12.2. The van der Waals surface area contributed by atoms with Crippen LogP contribution >= 0.6 is 0 Å². The first-order valence-corrected chi connectivity index (χ1v) is 5.59. The summed E-state index contributed by atoms with van der Waals surface area (Å²) in [4.78, 5) is 33.9. The Morgan fingerprint density at radius 2 is 2.06 bits per heavy atom. The summed E-state index contributed by atoms with van der Waals surface area (Å²) in [5, 5.41) is 11.3. The van der Waals surface area contributed by atoms with Crippen molar-refractivity contribution in [1.82, 2.24) is 9.88 Å². The van der Waals surface area contributed by atoms with Crippen LogP contribution < -0.4 is 10.9 Å². The number of hydrogen-bond donors (Lipinski definition) is 2. The maximum absolute atomic E-state index is 11.6. The molecule has 0 aromatic carbocycles. The lowest BCUT2D eigenvalue weighted by atomic mass is 10.1. The fraction of sp³-hybridized carbons (Fsp3) is 0.417. The molecule has 1 atom stereocenters. The van der Waals surface area contributed by atoms with Gasteiger partial charge in [0, 0.05) is 12.3 Å². The molecule has 0 aliphatic rings. The van der Waals surface area contributed by atoms with E-state index in [-0.39, 0.29) is 18.0 Å². The van der Waals surface area contributed by atoms with Crippen LogP contribution in [0, 0.1) is 5.92 Å². The van der Waals surface area contributed by atoms with Crippen LogP contribution in [-0.4, -0.2) is 27.6 Å². The maximum Gasteiger partial charge on any atom is 0.326 e. The molecule has 2 N–H and O–H groups in total. The van der Waals surface area contributed by atoms with Crippen molar-refractivity contribution in [1.29, 1.82) is 0 Å². The average molecular weight is 252 g/mol. The molecule has 6 heteroatoms. The number of rotatable bonds is 5. The van der Waals surface area contributed by atoms with Crippen molar-refractivity contribution in [2.45, 2.75) is 26.4 Å². The Morgan fingerprint density at radius 3 is 2.56 bits per heavy atom. The summed E-state index contributed by atoms with van der Waals surface area (Å²) >= 11 is 0. The van der Waals surface area contributed by atoms with E-state index in [9.17, 15) is 14.4 Å². The van der Waals surface area contributed by atoms with Gasteiger partial charge in [-0.15, -0.1) is 0 Å². The maximum atomic E-state index is 11.6. The van der Waals surface area contributed by atoms with Gasteiger partial charge in [-0.3, -0.25) is 9.59 Å². The molecule has 0 saturated carbocycles. The molecule has 0 saturated heterocycles. The van der Waals surface area contributed by atoms with Crippen LogP contribution in [0.1, 0.15) is 13.8 Å². The highest BCUT2D eigenvalue weighted by Gasteiger charge is 2.23. The smallest absolute Gasteiger partial charge is 0.326 e. The van der Waals surface area contributed by atoms with E-state index in [2.05, 4.69) is 5.32 Å². The second kappa shape index (κ2) is 6.00. The van der Waals surface area contributed by atoms with Crippen molar-refractivity contribution < 1.29 is 14.7 Å². The fourth-order valence-corrected chi connectivity index (χ4v) is 1.48. The number of hydrogen-bond acceptors (Lipinski definition) is 3. The molecule has 1 heterocycles. The Balaban J connectivity index is 2.70. The lowest BCUT2D eigenvalue weighted by Gasteiger charge is -2.18. The molecule has 1 rings (SSSR count). The van der Waals surface area contributed by atoms with Crippen LogP contribution in [0.3, 0.4) is 0 Å². The fourth-order valence-electron chi connectivity index (χ4n) is 1.48. The molecule has 0 bridgehead atoms. The number of aromatic nitrogens is 1. The first-order chi connectivity index (χ1) is 8.41. The summed E-state index contributed by atoms with van der Waals surface area (Å²) in [7, 11) is 0. The van der Waals surface area contributed by atoms with Gasteiger partial charge in [-0.05, 0) is 12.0 Å². The molecule has 0 radical (unpaired) electrons. The van der Waals surface area contributed by atoms with Crippen molar-refractivity contribution in [3.05, 3.63) is 34.7 Å². The Morgan fingerprint density at radius 1 is 1.39 bits per heavy atom. The number of nitrogens with one attached hydrogen (secondary N) is 1. The summed E-state index contributed by atoms with van der Waals surface area (Å²) in [6, 6.07) is 3.60. The van der Waals surface area contributed by atoms with Gasteiger partial charge < -0.3 is 15.0 Å². The third kappa shape index (κ3) is 3.73. The number of nitrogens with zero attached hydrogens (tertiary/aromatic N) is 1. The van der Waals surface area contributed by atoms with Gasteiger partial charge >= 0.3 is 5.97 Å². The number of amides is 1. The first kappa shape index (κ1) is 14.0. The third-order valence-corrected chi connectivity index (χ3v) is 2.46. The van der Waals surface area contributed by atoms with Gasteiger partial charge in [0.15, 0.2) is 0 Å². The van der Waals surface area contributed by atoms with Gasteiger partial charge in [-0.2, -0.15) is 0 Å².